The number of carbonyl (C=O) groups is 2. The van der Waals surface area contributed by atoms with E-state index in [4.69, 9.17) is 0 Å². The maximum atomic E-state index is 13.0. The van der Waals surface area contributed by atoms with Crippen molar-refractivity contribution in [3.8, 4) is 11.1 Å². The second kappa shape index (κ2) is 9.45. The minimum Gasteiger partial charge on any atom is -0.354 e. The lowest BCUT2D eigenvalue weighted by molar-refractivity contribution is -0.133. The van der Waals surface area contributed by atoms with Crippen LogP contribution in [0.3, 0.4) is 0 Å². The van der Waals surface area contributed by atoms with E-state index >= 15 is 0 Å². The van der Waals surface area contributed by atoms with Crippen LogP contribution in [0.25, 0.3) is 11.1 Å². The number of amides is 2. The van der Waals surface area contributed by atoms with Gasteiger partial charge in [0, 0.05) is 55.8 Å². The number of nitrogens with zero attached hydrogens (tertiary/aromatic N) is 7. The maximum Gasteiger partial charge on any atom is 0.272 e. The van der Waals surface area contributed by atoms with Gasteiger partial charge in [0.2, 0.25) is 11.9 Å². The fourth-order valence-corrected chi connectivity index (χ4v) is 4.94. The molecule has 37 heavy (non-hydrogen) atoms. The molecule has 0 bridgehead atoms. The van der Waals surface area contributed by atoms with E-state index in [1.807, 2.05) is 0 Å². The first-order valence-electron chi connectivity index (χ1n) is 12.2. The van der Waals surface area contributed by atoms with Crippen molar-refractivity contribution in [2.24, 2.45) is 0 Å². The molecule has 1 aromatic carbocycles. The molecule has 0 atom stereocenters. The molecule has 0 radical (unpaired) electrons. The van der Waals surface area contributed by atoms with Crippen molar-refractivity contribution < 1.29 is 9.59 Å². The third-order valence-electron chi connectivity index (χ3n) is 6.86. The highest BCUT2D eigenvalue weighted by Crippen LogP contribution is 2.25. The molecule has 2 amide bonds. The quantitative estimate of drug-likeness (QED) is 0.357. The third-order valence-corrected chi connectivity index (χ3v) is 6.86. The summed E-state index contributed by atoms with van der Waals surface area (Å²) in [5.41, 5.74) is 5.77. The first kappa shape index (κ1) is 22.8. The fourth-order valence-electron chi connectivity index (χ4n) is 4.94. The lowest BCUT2D eigenvalue weighted by Gasteiger charge is -2.25. The second-order valence-electron chi connectivity index (χ2n) is 9.26. The lowest BCUT2D eigenvalue weighted by Crippen LogP contribution is -2.38. The van der Waals surface area contributed by atoms with Gasteiger partial charge in [-0.15, -0.1) is 0 Å². The van der Waals surface area contributed by atoms with Gasteiger partial charge >= 0.3 is 0 Å². The Balaban J connectivity index is 1.17. The normalized spacial score (nSPS) is 14.8. The zero-order valence-electron chi connectivity index (χ0n) is 20.3. The van der Waals surface area contributed by atoms with E-state index in [0.29, 0.717) is 36.6 Å². The Bertz CT molecular complexity index is 1430. The average molecular weight is 499 g/mol. The van der Waals surface area contributed by atoms with E-state index in [2.05, 4.69) is 65.4 Å². The predicted molar refractivity (Wildman–Crippen MR) is 133 cm³/mol. The molecule has 0 saturated carbocycles. The number of hydrogen-bond donors (Lipinski definition) is 3. The number of hydrogen-bond acceptors (Lipinski definition) is 8. The standard InChI is InChI=1S/C25H26N10O2/c1-26-24(37)23-19(12-35(32-23)14-22(36)34-7-6-20-21(13-34)31-33-30-20)17-10-27-25(28-11-17)29-18-8-15-4-2-3-5-16(15)9-18/h2-5,10-12,18H,6-9,13-14H2,1H3,(H,26,37)(H,27,28,29)(H,30,31,33). The number of fused-ring (bicyclic) bond motifs is 2. The Morgan fingerprint density at radius 3 is 2.54 bits per heavy atom. The number of carbonyl (C=O) groups excluding carboxylic acids is 2. The Labute approximate surface area is 212 Å². The molecule has 0 fully saturated rings. The van der Waals surface area contributed by atoms with Crippen LogP contribution in [0.15, 0.2) is 42.9 Å². The minimum absolute atomic E-state index is 0.0000847. The molecule has 0 spiro atoms. The molecule has 1 aliphatic heterocycles. The van der Waals surface area contributed by atoms with E-state index in [9.17, 15) is 9.59 Å². The van der Waals surface area contributed by atoms with Gasteiger partial charge in [-0.25, -0.2) is 9.97 Å². The summed E-state index contributed by atoms with van der Waals surface area (Å²) in [6, 6.07) is 8.66. The van der Waals surface area contributed by atoms with Crippen molar-refractivity contribution in [1.29, 1.82) is 0 Å². The maximum absolute atomic E-state index is 13.0. The van der Waals surface area contributed by atoms with E-state index in [-0.39, 0.29) is 30.1 Å². The van der Waals surface area contributed by atoms with Gasteiger partial charge in [-0.2, -0.15) is 20.5 Å². The minimum atomic E-state index is -0.350. The summed E-state index contributed by atoms with van der Waals surface area (Å²) in [6.45, 7) is 0.957. The summed E-state index contributed by atoms with van der Waals surface area (Å²) in [5, 5.41) is 21.3. The first-order valence-corrected chi connectivity index (χ1v) is 12.2. The molecule has 188 valence electrons. The molecular weight excluding hydrogens is 472 g/mol. The molecule has 12 heteroatoms. The van der Waals surface area contributed by atoms with Gasteiger partial charge in [-0.3, -0.25) is 14.3 Å². The molecule has 12 nitrogen and oxygen atoms in total. The summed E-state index contributed by atoms with van der Waals surface area (Å²) in [5.74, 6) is 0.0692. The van der Waals surface area contributed by atoms with E-state index in [0.717, 1.165) is 24.2 Å². The molecule has 6 rings (SSSR count). The molecule has 0 unspecified atom stereocenters. The molecule has 2 aliphatic rings. The van der Waals surface area contributed by atoms with Crippen LogP contribution in [0, 0.1) is 0 Å². The third kappa shape index (κ3) is 4.53. The smallest absolute Gasteiger partial charge is 0.272 e. The van der Waals surface area contributed by atoms with Crippen molar-refractivity contribution in [2.75, 3.05) is 18.9 Å². The first-order chi connectivity index (χ1) is 18.1. The number of aromatic amines is 1. The number of anilines is 1. The molecule has 3 N–H and O–H groups in total. The number of H-pyrrole nitrogens is 1. The Hall–Kier alpha value is -4.61. The predicted octanol–water partition coefficient (Wildman–Crippen LogP) is 0.982. The van der Waals surface area contributed by atoms with Crippen molar-refractivity contribution in [3.63, 3.8) is 0 Å². The van der Waals surface area contributed by atoms with E-state index in [1.165, 1.54) is 15.8 Å². The van der Waals surface area contributed by atoms with Crippen molar-refractivity contribution in [1.82, 2.24) is 45.4 Å². The Kier molecular flexibility index (Phi) is 5.83. The highest BCUT2D eigenvalue weighted by atomic mass is 16.2. The SMILES string of the molecule is CNC(=O)c1nn(CC(=O)N2CCc3n[nH]nc3C2)cc1-c1cnc(NC2Cc3ccccc3C2)nc1. The van der Waals surface area contributed by atoms with E-state index < -0.39 is 0 Å². The van der Waals surface area contributed by atoms with Crippen LogP contribution in [-0.4, -0.2) is 71.5 Å². The highest BCUT2D eigenvalue weighted by molar-refractivity contribution is 5.98. The monoisotopic (exact) mass is 498 g/mol. The van der Waals surface area contributed by atoms with Crippen LogP contribution in [0.5, 0.6) is 0 Å². The molecular formula is C25H26N10O2. The van der Waals surface area contributed by atoms with Crippen LogP contribution in [-0.2, 0) is 37.1 Å². The van der Waals surface area contributed by atoms with Crippen molar-refractivity contribution >= 4 is 17.8 Å². The summed E-state index contributed by atoms with van der Waals surface area (Å²) < 4.78 is 1.49. The number of nitrogens with one attached hydrogen (secondary N) is 3. The molecule has 4 aromatic rings. The lowest BCUT2D eigenvalue weighted by atomic mass is 10.1. The number of rotatable bonds is 6. The number of aromatic nitrogens is 7. The largest absolute Gasteiger partial charge is 0.354 e. The molecule has 3 aromatic heterocycles. The van der Waals surface area contributed by atoms with Gasteiger partial charge in [-0.1, -0.05) is 24.3 Å². The molecule has 1 aliphatic carbocycles. The average Bonchev–Trinajstić information content (AvgIpc) is 3.66. The van der Waals surface area contributed by atoms with Crippen LogP contribution < -0.4 is 10.6 Å². The fraction of sp³-hybridized carbons (Fsp3) is 0.320. The second-order valence-corrected chi connectivity index (χ2v) is 9.26. The highest BCUT2D eigenvalue weighted by Gasteiger charge is 2.26. The van der Waals surface area contributed by atoms with Gasteiger partial charge in [0.15, 0.2) is 5.69 Å². The van der Waals surface area contributed by atoms with Gasteiger partial charge in [-0.05, 0) is 24.0 Å². The van der Waals surface area contributed by atoms with Crippen LogP contribution >= 0.6 is 0 Å². The molecule has 4 heterocycles. The zero-order chi connectivity index (χ0) is 25.4. The summed E-state index contributed by atoms with van der Waals surface area (Å²) in [6.07, 6.45) is 7.53. The van der Waals surface area contributed by atoms with Crippen molar-refractivity contribution in [3.05, 3.63) is 71.1 Å². The van der Waals surface area contributed by atoms with Gasteiger partial charge in [0.25, 0.3) is 5.91 Å². The molecule has 0 saturated heterocycles. The topological polar surface area (TPSA) is 147 Å². The Morgan fingerprint density at radius 1 is 1.08 bits per heavy atom. The summed E-state index contributed by atoms with van der Waals surface area (Å²) >= 11 is 0. The van der Waals surface area contributed by atoms with Crippen LogP contribution in [0.4, 0.5) is 5.95 Å². The zero-order valence-corrected chi connectivity index (χ0v) is 20.3. The van der Waals surface area contributed by atoms with E-state index in [1.54, 1.807) is 30.5 Å². The Morgan fingerprint density at radius 2 is 1.81 bits per heavy atom. The number of benzene rings is 1. The summed E-state index contributed by atoms with van der Waals surface area (Å²) in [4.78, 5) is 36.2. The summed E-state index contributed by atoms with van der Waals surface area (Å²) in [7, 11) is 1.54. The van der Waals surface area contributed by atoms with Crippen LogP contribution in [0.2, 0.25) is 0 Å². The van der Waals surface area contributed by atoms with Gasteiger partial charge < -0.3 is 15.5 Å². The van der Waals surface area contributed by atoms with Gasteiger partial charge in [0.1, 0.15) is 12.2 Å². The van der Waals surface area contributed by atoms with Crippen LogP contribution in [0.1, 0.15) is 33.0 Å². The van der Waals surface area contributed by atoms with Crippen molar-refractivity contribution in [2.45, 2.75) is 38.4 Å². The van der Waals surface area contributed by atoms with Gasteiger partial charge in [0.05, 0.1) is 12.2 Å².